The van der Waals surface area contributed by atoms with Crippen LogP contribution < -0.4 is 10.6 Å². The highest BCUT2D eigenvalue weighted by atomic mass is 16.5. The van der Waals surface area contributed by atoms with Gasteiger partial charge >= 0.3 is 5.97 Å². The summed E-state index contributed by atoms with van der Waals surface area (Å²) >= 11 is 0. The van der Waals surface area contributed by atoms with E-state index < -0.39 is 0 Å². The fourth-order valence-electron chi connectivity index (χ4n) is 1.69. The number of hydrogen-bond acceptors (Lipinski definition) is 4. The number of anilines is 1. The molecule has 0 saturated carbocycles. The second-order valence-corrected chi connectivity index (χ2v) is 4.60. The van der Waals surface area contributed by atoms with Crippen molar-refractivity contribution >= 4 is 17.6 Å². The van der Waals surface area contributed by atoms with Crippen molar-refractivity contribution in [2.45, 2.75) is 27.2 Å². The quantitative estimate of drug-likeness (QED) is 0.589. The minimum atomic E-state index is -0.255. The summed E-state index contributed by atoms with van der Waals surface area (Å²) in [6.07, 6.45) is 0.268. The summed E-state index contributed by atoms with van der Waals surface area (Å²) in [7, 11) is 0. The van der Waals surface area contributed by atoms with Crippen LogP contribution in [0, 0.1) is 13.8 Å². The molecule has 110 valence electrons. The van der Waals surface area contributed by atoms with Crippen LogP contribution in [0.3, 0.4) is 0 Å². The molecule has 0 aliphatic heterocycles. The summed E-state index contributed by atoms with van der Waals surface area (Å²) in [6, 6.07) is 5.91. The lowest BCUT2D eigenvalue weighted by Crippen LogP contribution is -2.30. The van der Waals surface area contributed by atoms with Crippen molar-refractivity contribution in [3.8, 4) is 0 Å². The SMILES string of the molecule is CCOC(=O)CCNCC(=O)Nc1cc(C)ccc1C. The Morgan fingerprint density at radius 1 is 1.25 bits per heavy atom. The lowest BCUT2D eigenvalue weighted by atomic mass is 10.1. The standard InChI is InChI=1S/C15H22N2O3/c1-4-20-15(19)7-8-16-10-14(18)17-13-9-11(2)5-6-12(13)3/h5-6,9,16H,4,7-8,10H2,1-3H3,(H,17,18). The number of rotatable bonds is 7. The first-order valence-corrected chi connectivity index (χ1v) is 6.76. The van der Waals surface area contributed by atoms with Gasteiger partial charge in [-0.15, -0.1) is 0 Å². The first-order chi connectivity index (χ1) is 9.52. The molecule has 0 aromatic heterocycles. The monoisotopic (exact) mass is 278 g/mol. The first kappa shape index (κ1) is 16.2. The Labute approximate surface area is 119 Å². The van der Waals surface area contributed by atoms with Gasteiger partial charge in [0.05, 0.1) is 19.6 Å². The fourth-order valence-corrected chi connectivity index (χ4v) is 1.69. The third-order valence-electron chi connectivity index (χ3n) is 2.76. The maximum atomic E-state index is 11.8. The van der Waals surface area contributed by atoms with E-state index in [2.05, 4.69) is 10.6 Å². The molecule has 0 heterocycles. The molecule has 2 N–H and O–H groups in total. The number of hydrogen-bond donors (Lipinski definition) is 2. The molecule has 0 aliphatic rings. The third-order valence-corrected chi connectivity index (χ3v) is 2.76. The van der Waals surface area contributed by atoms with Gasteiger partial charge in [0.15, 0.2) is 0 Å². The number of amides is 1. The maximum absolute atomic E-state index is 11.8. The van der Waals surface area contributed by atoms with E-state index in [1.165, 1.54) is 0 Å². The van der Waals surface area contributed by atoms with Crippen molar-refractivity contribution in [1.82, 2.24) is 5.32 Å². The van der Waals surface area contributed by atoms with Gasteiger partial charge in [-0.25, -0.2) is 0 Å². The van der Waals surface area contributed by atoms with Gasteiger partial charge in [-0.2, -0.15) is 0 Å². The Bertz CT molecular complexity index is 472. The maximum Gasteiger partial charge on any atom is 0.307 e. The number of nitrogens with one attached hydrogen (secondary N) is 2. The number of benzene rings is 1. The molecular formula is C15H22N2O3. The Morgan fingerprint density at radius 2 is 2.00 bits per heavy atom. The Balaban J connectivity index is 2.30. The van der Waals surface area contributed by atoms with Gasteiger partial charge in [-0.3, -0.25) is 9.59 Å². The van der Waals surface area contributed by atoms with Gasteiger partial charge < -0.3 is 15.4 Å². The number of ether oxygens (including phenoxy) is 1. The van der Waals surface area contributed by atoms with E-state index in [9.17, 15) is 9.59 Å². The van der Waals surface area contributed by atoms with E-state index in [1.54, 1.807) is 6.92 Å². The molecule has 5 nitrogen and oxygen atoms in total. The van der Waals surface area contributed by atoms with Crippen LogP contribution in [0.5, 0.6) is 0 Å². The summed E-state index contributed by atoms with van der Waals surface area (Å²) < 4.78 is 4.79. The van der Waals surface area contributed by atoms with Gasteiger partial charge in [0.1, 0.15) is 0 Å². The summed E-state index contributed by atoms with van der Waals surface area (Å²) in [6.45, 7) is 6.68. The lowest BCUT2D eigenvalue weighted by Gasteiger charge is -2.10. The van der Waals surface area contributed by atoms with Crippen molar-refractivity contribution in [2.24, 2.45) is 0 Å². The van der Waals surface area contributed by atoms with E-state index in [1.807, 2.05) is 32.0 Å². The van der Waals surface area contributed by atoms with E-state index in [4.69, 9.17) is 4.74 Å². The van der Waals surface area contributed by atoms with E-state index >= 15 is 0 Å². The molecule has 5 heteroatoms. The Kier molecular flexibility index (Phi) is 6.73. The molecule has 0 atom stereocenters. The molecule has 0 spiro atoms. The molecule has 1 amide bonds. The van der Waals surface area contributed by atoms with Gasteiger partial charge in [0.25, 0.3) is 0 Å². The fraction of sp³-hybridized carbons (Fsp3) is 0.467. The molecule has 0 bridgehead atoms. The van der Waals surface area contributed by atoms with Crippen LogP contribution in [0.4, 0.5) is 5.69 Å². The molecular weight excluding hydrogens is 256 g/mol. The zero-order valence-corrected chi connectivity index (χ0v) is 12.3. The topological polar surface area (TPSA) is 67.4 Å². The molecule has 0 unspecified atom stereocenters. The zero-order chi connectivity index (χ0) is 15.0. The second kappa shape index (κ2) is 8.32. The predicted octanol–water partition coefficient (Wildman–Crippen LogP) is 1.78. The van der Waals surface area contributed by atoms with E-state index in [0.717, 1.165) is 16.8 Å². The van der Waals surface area contributed by atoms with Gasteiger partial charge in [-0.05, 0) is 38.0 Å². The molecule has 1 rings (SSSR count). The molecule has 0 saturated heterocycles. The van der Waals surface area contributed by atoms with Gasteiger partial charge in [-0.1, -0.05) is 12.1 Å². The molecule has 0 fully saturated rings. The predicted molar refractivity (Wildman–Crippen MR) is 78.7 cm³/mol. The van der Waals surface area contributed by atoms with Crippen molar-refractivity contribution in [2.75, 3.05) is 25.0 Å². The highest BCUT2D eigenvalue weighted by Gasteiger charge is 2.06. The van der Waals surface area contributed by atoms with Crippen LogP contribution in [-0.2, 0) is 14.3 Å². The smallest absolute Gasteiger partial charge is 0.307 e. The largest absolute Gasteiger partial charge is 0.466 e. The van der Waals surface area contributed by atoms with Crippen LogP contribution in [0.25, 0.3) is 0 Å². The Hall–Kier alpha value is -1.88. The molecule has 1 aromatic rings. The van der Waals surface area contributed by atoms with Crippen molar-refractivity contribution in [3.63, 3.8) is 0 Å². The minimum Gasteiger partial charge on any atom is -0.466 e. The van der Waals surface area contributed by atoms with Gasteiger partial charge in [0.2, 0.25) is 5.91 Å². The number of carbonyl (C=O) groups excluding carboxylic acids is 2. The highest BCUT2D eigenvalue weighted by molar-refractivity contribution is 5.93. The van der Waals surface area contributed by atoms with Crippen LogP contribution in [0.2, 0.25) is 0 Å². The summed E-state index contributed by atoms with van der Waals surface area (Å²) in [5.41, 5.74) is 2.94. The first-order valence-electron chi connectivity index (χ1n) is 6.76. The Morgan fingerprint density at radius 3 is 2.70 bits per heavy atom. The molecule has 0 aliphatic carbocycles. The number of carbonyl (C=O) groups is 2. The van der Waals surface area contributed by atoms with Crippen LogP contribution >= 0.6 is 0 Å². The van der Waals surface area contributed by atoms with Crippen molar-refractivity contribution in [1.29, 1.82) is 0 Å². The number of esters is 1. The summed E-state index contributed by atoms with van der Waals surface area (Å²) in [4.78, 5) is 22.9. The third kappa shape index (κ3) is 5.84. The van der Waals surface area contributed by atoms with Crippen LogP contribution in [0.1, 0.15) is 24.5 Å². The van der Waals surface area contributed by atoms with Crippen molar-refractivity contribution in [3.05, 3.63) is 29.3 Å². The molecule has 0 radical (unpaired) electrons. The average Bonchev–Trinajstić information content (AvgIpc) is 2.39. The zero-order valence-electron chi connectivity index (χ0n) is 12.3. The van der Waals surface area contributed by atoms with Crippen LogP contribution in [0.15, 0.2) is 18.2 Å². The average molecular weight is 278 g/mol. The lowest BCUT2D eigenvalue weighted by molar-refractivity contribution is -0.143. The van der Waals surface area contributed by atoms with E-state index in [0.29, 0.717) is 13.2 Å². The molecule has 1 aromatic carbocycles. The minimum absolute atomic E-state index is 0.123. The van der Waals surface area contributed by atoms with Crippen molar-refractivity contribution < 1.29 is 14.3 Å². The van der Waals surface area contributed by atoms with Crippen LogP contribution in [-0.4, -0.2) is 31.6 Å². The molecule has 20 heavy (non-hydrogen) atoms. The van der Waals surface area contributed by atoms with E-state index in [-0.39, 0.29) is 24.8 Å². The second-order valence-electron chi connectivity index (χ2n) is 4.60. The number of aryl methyl sites for hydroxylation is 2. The summed E-state index contributed by atoms with van der Waals surface area (Å²) in [5.74, 6) is -0.377. The summed E-state index contributed by atoms with van der Waals surface area (Å²) in [5, 5.41) is 5.76. The normalized spacial score (nSPS) is 10.2. The highest BCUT2D eigenvalue weighted by Crippen LogP contribution is 2.15. The van der Waals surface area contributed by atoms with Gasteiger partial charge in [0, 0.05) is 12.2 Å².